The van der Waals surface area contributed by atoms with E-state index in [-0.39, 0.29) is 5.78 Å². The first-order chi connectivity index (χ1) is 11.3. The molecule has 0 saturated carbocycles. The first kappa shape index (κ1) is 15.0. The molecule has 3 rings (SSSR count). The fourth-order valence-corrected chi connectivity index (χ4v) is 2.36. The predicted octanol–water partition coefficient (Wildman–Crippen LogP) is 3.65. The number of carbonyl (C=O) groups excluding carboxylic acids is 1. The third kappa shape index (κ3) is 4.07. The van der Waals surface area contributed by atoms with E-state index < -0.39 is 0 Å². The normalized spacial score (nSPS) is 10.4. The van der Waals surface area contributed by atoms with Crippen LogP contribution >= 0.6 is 0 Å². The number of imidazole rings is 1. The summed E-state index contributed by atoms with van der Waals surface area (Å²) in [6.45, 7) is 0.599. The van der Waals surface area contributed by atoms with Crippen LogP contribution in [0.25, 0.3) is 0 Å². The number of ketones is 1. The summed E-state index contributed by atoms with van der Waals surface area (Å²) in [6.07, 6.45) is 5.27. The average molecular weight is 306 g/mol. The summed E-state index contributed by atoms with van der Waals surface area (Å²) in [7, 11) is 0. The third-order valence-corrected chi connectivity index (χ3v) is 3.55. The van der Waals surface area contributed by atoms with E-state index in [0.29, 0.717) is 17.7 Å². The van der Waals surface area contributed by atoms with Crippen molar-refractivity contribution in [1.29, 1.82) is 0 Å². The van der Waals surface area contributed by atoms with E-state index >= 15 is 0 Å². The Bertz CT molecular complexity index is 752. The van der Waals surface area contributed by atoms with Gasteiger partial charge in [-0.2, -0.15) is 0 Å². The van der Waals surface area contributed by atoms with Crippen LogP contribution in [0.5, 0.6) is 5.75 Å². The number of ether oxygens (including phenoxy) is 1. The first-order valence-corrected chi connectivity index (χ1v) is 7.63. The van der Waals surface area contributed by atoms with Crippen LogP contribution in [0.2, 0.25) is 0 Å². The van der Waals surface area contributed by atoms with E-state index in [4.69, 9.17) is 4.74 Å². The lowest BCUT2D eigenvalue weighted by Crippen LogP contribution is -2.03. The predicted molar refractivity (Wildman–Crippen MR) is 88.7 cm³/mol. The van der Waals surface area contributed by atoms with Gasteiger partial charge >= 0.3 is 0 Å². The monoisotopic (exact) mass is 306 g/mol. The van der Waals surface area contributed by atoms with Gasteiger partial charge in [-0.1, -0.05) is 42.5 Å². The minimum Gasteiger partial charge on any atom is -0.494 e. The zero-order chi connectivity index (χ0) is 15.9. The van der Waals surface area contributed by atoms with E-state index in [1.54, 1.807) is 12.4 Å². The van der Waals surface area contributed by atoms with Crippen molar-refractivity contribution in [2.45, 2.75) is 12.8 Å². The maximum atomic E-state index is 12.4. The molecule has 116 valence electrons. The van der Waals surface area contributed by atoms with Crippen molar-refractivity contribution in [3.63, 3.8) is 0 Å². The number of benzene rings is 2. The Kier molecular flexibility index (Phi) is 4.84. The molecule has 1 heterocycles. The molecule has 0 unspecified atom stereocenters. The van der Waals surface area contributed by atoms with Crippen LogP contribution in [0.15, 0.2) is 67.1 Å². The molecular formula is C19H18N2O2. The number of carbonyl (C=O) groups is 1. The number of nitrogens with zero attached hydrogens (tertiary/aromatic N) is 1. The molecule has 3 aromatic rings. The van der Waals surface area contributed by atoms with Gasteiger partial charge in [-0.15, -0.1) is 0 Å². The molecule has 0 saturated heterocycles. The second kappa shape index (κ2) is 7.40. The molecule has 4 nitrogen and oxygen atoms in total. The first-order valence-electron chi connectivity index (χ1n) is 7.63. The Hall–Kier alpha value is -2.88. The molecule has 0 spiro atoms. The molecule has 1 N–H and O–H groups in total. The van der Waals surface area contributed by atoms with Crippen LogP contribution in [-0.4, -0.2) is 22.4 Å². The molecule has 0 aliphatic heterocycles. The van der Waals surface area contributed by atoms with E-state index in [2.05, 4.69) is 9.97 Å². The van der Waals surface area contributed by atoms with Crippen LogP contribution in [0.3, 0.4) is 0 Å². The van der Waals surface area contributed by atoms with E-state index in [1.807, 2.05) is 54.7 Å². The lowest BCUT2D eigenvalue weighted by atomic mass is 10.0. The molecule has 23 heavy (non-hydrogen) atoms. The highest BCUT2D eigenvalue weighted by molar-refractivity contribution is 6.09. The second-order valence-electron chi connectivity index (χ2n) is 5.25. The number of hydrogen-bond acceptors (Lipinski definition) is 3. The van der Waals surface area contributed by atoms with Gasteiger partial charge in [0.1, 0.15) is 5.75 Å². The van der Waals surface area contributed by atoms with Gasteiger partial charge < -0.3 is 9.72 Å². The Morgan fingerprint density at radius 3 is 2.65 bits per heavy atom. The van der Waals surface area contributed by atoms with Gasteiger partial charge in [0.05, 0.1) is 12.9 Å². The number of aromatic amines is 1. The standard InChI is InChI=1S/C19H18N2O2/c22-19(15-6-2-1-3-7-15)16-8-4-10-18(12-16)23-11-5-9-17-13-20-14-21-17/h1-4,6-8,10,12-14H,5,9,11H2,(H,20,21). The van der Waals surface area contributed by atoms with Gasteiger partial charge in [-0.3, -0.25) is 4.79 Å². The van der Waals surface area contributed by atoms with Crippen molar-refractivity contribution >= 4 is 5.78 Å². The van der Waals surface area contributed by atoms with Crippen molar-refractivity contribution < 1.29 is 9.53 Å². The maximum absolute atomic E-state index is 12.4. The van der Waals surface area contributed by atoms with Gasteiger partial charge in [0.25, 0.3) is 0 Å². The Balaban J connectivity index is 1.58. The maximum Gasteiger partial charge on any atom is 0.193 e. The minimum atomic E-state index is 0.00788. The topological polar surface area (TPSA) is 55.0 Å². The number of nitrogens with one attached hydrogen (secondary N) is 1. The molecule has 1 aromatic heterocycles. The highest BCUT2D eigenvalue weighted by atomic mass is 16.5. The summed E-state index contributed by atoms with van der Waals surface area (Å²) in [6, 6.07) is 16.6. The van der Waals surface area contributed by atoms with Crippen molar-refractivity contribution in [3.05, 3.63) is 83.9 Å². The molecule has 0 aliphatic carbocycles. The SMILES string of the molecule is O=C(c1ccccc1)c1cccc(OCCCc2cnc[nH]2)c1. The van der Waals surface area contributed by atoms with E-state index in [0.717, 1.165) is 24.3 Å². The molecule has 0 amide bonds. The smallest absolute Gasteiger partial charge is 0.193 e. The van der Waals surface area contributed by atoms with Crippen LogP contribution in [0.1, 0.15) is 28.0 Å². The van der Waals surface area contributed by atoms with Crippen molar-refractivity contribution in [3.8, 4) is 5.75 Å². The number of rotatable bonds is 7. The second-order valence-corrected chi connectivity index (χ2v) is 5.25. The van der Waals surface area contributed by atoms with E-state index in [9.17, 15) is 4.79 Å². The van der Waals surface area contributed by atoms with Gasteiger partial charge in [-0.05, 0) is 25.0 Å². The van der Waals surface area contributed by atoms with Gasteiger partial charge in [0.2, 0.25) is 0 Å². The van der Waals surface area contributed by atoms with Crippen LogP contribution < -0.4 is 4.74 Å². The molecule has 0 atom stereocenters. The zero-order valence-electron chi connectivity index (χ0n) is 12.7. The largest absolute Gasteiger partial charge is 0.494 e. The lowest BCUT2D eigenvalue weighted by molar-refractivity contribution is 0.103. The van der Waals surface area contributed by atoms with Crippen molar-refractivity contribution in [1.82, 2.24) is 9.97 Å². The fourth-order valence-electron chi connectivity index (χ4n) is 2.36. The molecule has 4 heteroatoms. The molecule has 0 radical (unpaired) electrons. The quantitative estimate of drug-likeness (QED) is 0.535. The number of aryl methyl sites for hydroxylation is 1. The van der Waals surface area contributed by atoms with Crippen molar-refractivity contribution in [2.75, 3.05) is 6.61 Å². The van der Waals surface area contributed by atoms with Crippen LogP contribution in [0, 0.1) is 0 Å². The number of aromatic nitrogens is 2. The molecule has 2 aromatic carbocycles. The summed E-state index contributed by atoms with van der Waals surface area (Å²) in [5, 5.41) is 0. The number of H-pyrrole nitrogens is 1. The Morgan fingerprint density at radius 2 is 1.87 bits per heavy atom. The summed E-state index contributed by atoms with van der Waals surface area (Å²) in [5.74, 6) is 0.727. The van der Waals surface area contributed by atoms with Gasteiger partial charge in [-0.25, -0.2) is 4.98 Å². The Morgan fingerprint density at radius 1 is 1.04 bits per heavy atom. The third-order valence-electron chi connectivity index (χ3n) is 3.55. The Labute approximate surface area is 135 Å². The highest BCUT2D eigenvalue weighted by Crippen LogP contribution is 2.17. The van der Waals surface area contributed by atoms with Crippen molar-refractivity contribution in [2.24, 2.45) is 0 Å². The van der Waals surface area contributed by atoms with Crippen LogP contribution in [0.4, 0.5) is 0 Å². The molecule has 0 bridgehead atoms. The summed E-state index contributed by atoms with van der Waals surface area (Å²) >= 11 is 0. The highest BCUT2D eigenvalue weighted by Gasteiger charge is 2.09. The van der Waals surface area contributed by atoms with Gasteiger partial charge in [0, 0.05) is 23.0 Å². The summed E-state index contributed by atoms with van der Waals surface area (Å²) in [4.78, 5) is 19.5. The molecular weight excluding hydrogens is 288 g/mol. The lowest BCUT2D eigenvalue weighted by Gasteiger charge is -2.07. The molecule has 0 aliphatic rings. The van der Waals surface area contributed by atoms with E-state index in [1.165, 1.54) is 0 Å². The van der Waals surface area contributed by atoms with Crippen LogP contribution in [-0.2, 0) is 6.42 Å². The zero-order valence-corrected chi connectivity index (χ0v) is 12.7. The van der Waals surface area contributed by atoms with Gasteiger partial charge in [0.15, 0.2) is 5.78 Å². The minimum absolute atomic E-state index is 0.00788. The average Bonchev–Trinajstić information content (AvgIpc) is 3.13. The fraction of sp³-hybridized carbons (Fsp3) is 0.158. The summed E-state index contributed by atoms with van der Waals surface area (Å²) in [5.41, 5.74) is 2.42. The summed E-state index contributed by atoms with van der Waals surface area (Å²) < 4.78 is 5.74. The molecule has 0 fully saturated rings. The number of hydrogen-bond donors (Lipinski definition) is 1.